The van der Waals surface area contributed by atoms with Gasteiger partial charge in [-0.1, -0.05) is 60.7 Å². The summed E-state index contributed by atoms with van der Waals surface area (Å²) in [6.07, 6.45) is 0.462. The summed E-state index contributed by atoms with van der Waals surface area (Å²) in [7, 11) is 0. The number of nitrogens with two attached hydrogens (primary N) is 1. The van der Waals surface area contributed by atoms with Gasteiger partial charge < -0.3 is 5.73 Å². The average molecular weight is 252 g/mol. The maximum Gasteiger partial charge on any atom is 0.173 e. The monoisotopic (exact) mass is 252 g/mol. The van der Waals surface area contributed by atoms with Crippen LogP contribution in [0.2, 0.25) is 0 Å². The summed E-state index contributed by atoms with van der Waals surface area (Å²) in [5, 5.41) is 7.64. The molecule has 0 heterocycles. The van der Waals surface area contributed by atoms with E-state index < -0.39 is 5.92 Å². The maximum absolute atomic E-state index is 12.4. The van der Waals surface area contributed by atoms with E-state index in [-0.39, 0.29) is 11.6 Å². The first-order valence-electron chi connectivity index (χ1n) is 6.15. The molecule has 0 bridgehead atoms. The summed E-state index contributed by atoms with van der Waals surface area (Å²) in [6.45, 7) is 0. The van der Waals surface area contributed by atoms with Crippen LogP contribution in [0.25, 0.3) is 0 Å². The second-order valence-corrected chi connectivity index (χ2v) is 4.43. The number of rotatable bonds is 5. The Balaban J connectivity index is 2.22. The Bertz CT molecular complexity index is 564. The second-order valence-electron chi connectivity index (χ2n) is 4.43. The predicted octanol–water partition coefficient (Wildman–Crippen LogP) is 2.66. The lowest BCUT2D eigenvalue weighted by molar-refractivity contribution is 0.0953. The number of amidine groups is 1. The third kappa shape index (κ3) is 3.28. The van der Waals surface area contributed by atoms with Gasteiger partial charge in [0.2, 0.25) is 0 Å². The van der Waals surface area contributed by atoms with Gasteiger partial charge >= 0.3 is 0 Å². The van der Waals surface area contributed by atoms with Gasteiger partial charge in [-0.25, -0.2) is 0 Å². The van der Waals surface area contributed by atoms with Crippen molar-refractivity contribution in [2.45, 2.75) is 6.42 Å². The van der Waals surface area contributed by atoms with Crippen LogP contribution in [0.5, 0.6) is 0 Å². The number of ketones is 1. The van der Waals surface area contributed by atoms with Crippen LogP contribution in [0.4, 0.5) is 0 Å². The van der Waals surface area contributed by atoms with Crippen LogP contribution in [0, 0.1) is 11.3 Å². The molecule has 0 aromatic heterocycles. The summed E-state index contributed by atoms with van der Waals surface area (Å²) >= 11 is 0. The summed E-state index contributed by atoms with van der Waals surface area (Å²) < 4.78 is 0. The van der Waals surface area contributed by atoms with Gasteiger partial charge in [0.25, 0.3) is 0 Å². The van der Waals surface area contributed by atoms with Crippen LogP contribution in [0.15, 0.2) is 60.7 Å². The third-order valence-corrected chi connectivity index (χ3v) is 3.03. The van der Waals surface area contributed by atoms with E-state index in [0.29, 0.717) is 12.0 Å². The standard InChI is InChI=1S/C16H16N2O/c17-16(18)14(11-12-7-3-1-4-8-12)15(19)13-9-5-2-6-10-13/h1-10,14H,11H2,(H3,17,18). The fourth-order valence-electron chi connectivity index (χ4n) is 2.00. The lowest BCUT2D eigenvalue weighted by Gasteiger charge is -2.14. The number of carbonyl (C=O) groups excluding carboxylic acids is 1. The van der Waals surface area contributed by atoms with Crippen molar-refractivity contribution in [2.24, 2.45) is 11.7 Å². The van der Waals surface area contributed by atoms with Gasteiger partial charge in [0.05, 0.1) is 5.92 Å². The van der Waals surface area contributed by atoms with Gasteiger partial charge in [-0.2, -0.15) is 0 Å². The molecule has 1 unspecified atom stereocenters. The van der Waals surface area contributed by atoms with E-state index in [1.807, 2.05) is 48.5 Å². The Labute approximate surface area is 112 Å². The molecule has 0 saturated carbocycles. The topological polar surface area (TPSA) is 66.9 Å². The van der Waals surface area contributed by atoms with Crippen molar-refractivity contribution in [3.8, 4) is 0 Å². The molecule has 1 atom stereocenters. The van der Waals surface area contributed by atoms with Crippen LogP contribution < -0.4 is 5.73 Å². The van der Waals surface area contributed by atoms with Crippen LogP contribution in [-0.4, -0.2) is 11.6 Å². The zero-order valence-electron chi connectivity index (χ0n) is 10.5. The van der Waals surface area contributed by atoms with Gasteiger partial charge in [-0.05, 0) is 12.0 Å². The van der Waals surface area contributed by atoms with Crippen molar-refractivity contribution in [1.82, 2.24) is 0 Å². The summed E-state index contributed by atoms with van der Waals surface area (Å²) in [5.74, 6) is -0.778. The van der Waals surface area contributed by atoms with E-state index in [0.717, 1.165) is 5.56 Å². The summed E-state index contributed by atoms with van der Waals surface area (Å²) in [4.78, 5) is 12.4. The van der Waals surface area contributed by atoms with Crippen molar-refractivity contribution >= 4 is 11.6 Å². The molecule has 3 N–H and O–H groups in total. The number of hydrogen-bond acceptors (Lipinski definition) is 2. The highest BCUT2D eigenvalue weighted by Gasteiger charge is 2.23. The molecule has 19 heavy (non-hydrogen) atoms. The van der Waals surface area contributed by atoms with E-state index >= 15 is 0 Å². The van der Waals surface area contributed by atoms with Gasteiger partial charge in [-0.3, -0.25) is 10.2 Å². The lowest BCUT2D eigenvalue weighted by atomic mass is 9.90. The molecule has 0 aliphatic heterocycles. The molecular formula is C16H16N2O. The second kappa shape index (κ2) is 5.96. The lowest BCUT2D eigenvalue weighted by Crippen LogP contribution is -2.31. The van der Waals surface area contributed by atoms with Crippen LogP contribution >= 0.6 is 0 Å². The first kappa shape index (κ1) is 13.0. The molecule has 2 aromatic rings. The van der Waals surface area contributed by atoms with Gasteiger partial charge in [0, 0.05) is 5.56 Å². The molecular weight excluding hydrogens is 236 g/mol. The fourth-order valence-corrected chi connectivity index (χ4v) is 2.00. The minimum absolute atomic E-state index is 0.0855. The highest BCUT2D eigenvalue weighted by molar-refractivity contribution is 6.10. The van der Waals surface area contributed by atoms with Crippen molar-refractivity contribution in [1.29, 1.82) is 5.41 Å². The molecule has 3 heteroatoms. The van der Waals surface area contributed by atoms with E-state index in [2.05, 4.69) is 0 Å². The SMILES string of the molecule is N=C(N)C(Cc1ccccc1)C(=O)c1ccccc1. The Morgan fingerprint density at radius 1 is 1.00 bits per heavy atom. The Kier molecular flexibility index (Phi) is 4.08. The highest BCUT2D eigenvalue weighted by atomic mass is 16.1. The largest absolute Gasteiger partial charge is 0.387 e. The van der Waals surface area contributed by atoms with Gasteiger partial charge in [0.15, 0.2) is 5.78 Å². The van der Waals surface area contributed by atoms with E-state index in [1.165, 1.54) is 0 Å². The normalized spacial score (nSPS) is 11.8. The molecule has 2 rings (SSSR count). The molecule has 0 amide bonds. The minimum Gasteiger partial charge on any atom is -0.387 e. The molecule has 0 radical (unpaired) electrons. The van der Waals surface area contributed by atoms with Crippen LogP contribution in [0.3, 0.4) is 0 Å². The predicted molar refractivity (Wildman–Crippen MR) is 76.3 cm³/mol. The molecule has 0 fully saturated rings. The molecule has 0 spiro atoms. The zero-order valence-corrected chi connectivity index (χ0v) is 10.5. The van der Waals surface area contributed by atoms with E-state index in [4.69, 9.17) is 11.1 Å². The van der Waals surface area contributed by atoms with Crippen molar-refractivity contribution in [3.63, 3.8) is 0 Å². The molecule has 96 valence electrons. The Morgan fingerprint density at radius 3 is 2.05 bits per heavy atom. The van der Waals surface area contributed by atoms with Crippen molar-refractivity contribution in [3.05, 3.63) is 71.8 Å². The summed E-state index contributed by atoms with van der Waals surface area (Å²) in [6, 6.07) is 18.6. The maximum atomic E-state index is 12.4. The number of nitrogens with one attached hydrogen (secondary N) is 1. The highest BCUT2D eigenvalue weighted by Crippen LogP contribution is 2.15. The average Bonchev–Trinajstić information content (AvgIpc) is 2.46. The van der Waals surface area contributed by atoms with Crippen molar-refractivity contribution in [2.75, 3.05) is 0 Å². The van der Waals surface area contributed by atoms with E-state index in [9.17, 15) is 4.79 Å². The zero-order chi connectivity index (χ0) is 13.7. The molecule has 0 saturated heterocycles. The smallest absolute Gasteiger partial charge is 0.173 e. The Hall–Kier alpha value is -2.42. The number of Topliss-reactive ketones (excluding diaryl/α,β-unsaturated/α-hetero) is 1. The number of hydrogen-bond donors (Lipinski definition) is 2. The van der Waals surface area contributed by atoms with Crippen molar-refractivity contribution < 1.29 is 4.79 Å². The third-order valence-electron chi connectivity index (χ3n) is 3.03. The molecule has 0 aliphatic carbocycles. The molecule has 3 nitrogen and oxygen atoms in total. The van der Waals surface area contributed by atoms with Gasteiger partial charge in [-0.15, -0.1) is 0 Å². The number of carbonyl (C=O) groups is 1. The molecule has 2 aromatic carbocycles. The first-order valence-corrected chi connectivity index (χ1v) is 6.15. The van der Waals surface area contributed by atoms with Crippen LogP contribution in [0.1, 0.15) is 15.9 Å². The fraction of sp³-hybridized carbons (Fsp3) is 0.125. The van der Waals surface area contributed by atoms with Crippen LogP contribution in [-0.2, 0) is 6.42 Å². The Morgan fingerprint density at radius 2 is 1.53 bits per heavy atom. The minimum atomic E-state index is -0.593. The summed E-state index contributed by atoms with van der Waals surface area (Å²) in [5.41, 5.74) is 7.19. The number of benzene rings is 2. The first-order chi connectivity index (χ1) is 9.18. The van der Waals surface area contributed by atoms with Gasteiger partial charge in [0.1, 0.15) is 5.84 Å². The molecule has 0 aliphatic rings. The quantitative estimate of drug-likeness (QED) is 0.488. The van der Waals surface area contributed by atoms with E-state index in [1.54, 1.807) is 12.1 Å².